The smallest absolute Gasteiger partial charge is 0.308 e. The highest BCUT2D eigenvalue weighted by Gasteiger charge is 2.29. The number of anilines is 2. The van der Waals surface area contributed by atoms with Crippen LogP contribution in [0.15, 0.2) is 51.7 Å². The van der Waals surface area contributed by atoms with Gasteiger partial charge in [-0.05, 0) is 50.1 Å². The molecule has 3 heterocycles. The number of benzene rings is 1. The molecule has 2 aromatic heterocycles. The standard InChI is InChI=1S/C22H22N4O4S2/c1-13-4-2-6-18(24-13)25-22-23-11-19(32-22)31-15-7-8-17(27)16(10-15)20(28)26-9-3-5-14(12-26)21(29)30/h2,4,6-8,10-11,14,27H,3,5,9,12H2,1H3,(H,29,30)(H,23,24,25). The second-order valence-electron chi connectivity index (χ2n) is 7.48. The lowest BCUT2D eigenvalue weighted by atomic mass is 9.97. The summed E-state index contributed by atoms with van der Waals surface area (Å²) in [6.07, 6.45) is 2.93. The van der Waals surface area contributed by atoms with Crippen LogP contribution in [0.4, 0.5) is 10.9 Å². The van der Waals surface area contributed by atoms with Crippen molar-refractivity contribution >= 4 is 45.9 Å². The third-order valence-corrected chi connectivity index (χ3v) is 7.09. The SMILES string of the molecule is Cc1cccc(Nc2ncc(Sc3ccc(O)c(C(=O)N4CCCC(C(=O)O)C4)c3)s2)n1. The van der Waals surface area contributed by atoms with E-state index >= 15 is 0 Å². The summed E-state index contributed by atoms with van der Waals surface area (Å²) in [6, 6.07) is 10.6. The lowest BCUT2D eigenvalue weighted by Gasteiger charge is -2.31. The number of thiazole rings is 1. The van der Waals surface area contributed by atoms with Gasteiger partial charge in [0.1, 0.15) is 11.6 Å². The molecule has 1 amide bonds. The summed E-state index contributed by atoms with van der Waals surface area (Å²) in [5.74, 6) is -1.22. The van der Waals surface area contributed by atoms with Gasteiger partial charge < -0.3 is 20.4 Å². The molecule has 1 saturated heterocycles. The zero-order chi connectivity index (χ0) is 22.7. The second-order valence-corrected chi connectivity index (χ2v) is 9.89. The molecule has 0 radical (unpaired) electrons. The van der Waals surface area contributed by atoms with E-state index in [4.69, 9.17) is 0 Å². The number of aromatic hydroxyl groups is 1. The first kappa shape index (κ1) is 22.1. The van der Waals surface area contributed by atoms with E-state index in [1.54, 1.807) is 18.3 Å². The Morgan fingerprint density at radius 3 is 2.91 bits per heavy atom. The van der Waals surface area contributed by atoms with Crippen molar-refractivity contribution in [2.45, 2.75) is 28.9 Å². The Kier molecular flexibility index (Phi) is 6.61. The predicted octanol–water partition coefficient (Wildman–Crippen LogP) is 4.38. The summed E-state index contributed by atoms with van der Waals surface area (Å²) in [4.78, 5) is 35.3. The third kappa shape index (κ3) is 5.20. The summed E-state index contributed by atoms with van der Waals surface area (Å²) in [7, 11) is 0. The minimum atomic E-state index is -0.897. The van der Waals surface area contributed by atoms with Gasteiger partial charge in [0.15, 0.2) is 5.13 Å². The van der Waals surface area contributed by atoms with Gasteiger partial charge in [0, 0.05) is 23.7 Å². The third-order valence-electron chi connectivity index (χ3n) is 5.08. The highest BCUT2D eigenvalue weighted by molar-refractivity contribution is 8.01. The number of aromatic nitrogens is 2. The highest BCUT2D eigenvalue weighted by Crippen LogP contribution is 2.37. The predicted molar refractivity (Wildman–Crippen MR) is 123 cm³/mol. The number of amides is 1. The number of carboxylic acids is 1. The maximum Gasteiger partial charge on any atom is 0.308 e. The molecule has 4 rings (SSSR count). The number of aryl methyl sites for hydroxylation is 1. The van der Waals surface area contributed by atoms with Crippen LogP contribution in [-0.2, 0) is 4.79 Å². The van der Waals surface area contributed by atoms with E-state index in [1.807, 2.05) is 25.1 Å². The Balaban J connectivity index is 1.46. The molecule has 10 heteroatoms. The van der Waals surface area contributed by atoms with E-state index in [0.29, 0.717) is 24.5 Å². The molecule has 1 aliphatic rings. The fraction of sp³-hybridized carbons (Fsp3) is 0.273. The molecule has 0 spiro atoms. The number of carbonyl (C=O) groups is 2. The maximum absolute atomic E-state index is 13.0. The van der Waals surface area contributed by atoms with Gasteiger partial charge in [-0.1, -0.05) is 29.2 Å². The van der Waals surface area contributed by atoms with Crippen molar-refractivity contribution in [1.82, 2.24) is 14.9 Å². The number of likely N-dealkylation sites (tertiary alicyclic amines) is 1. The van der Waals surface area contributed by atoms with Crippen molar-refractivity contribution in [3.63, 3.8) is 0 Å². The summed E-state index contributed by atoms with van der Waals surface area (Å²) in [5.41, 5.74) is 1.08. The number of rotatable bonds is 6. The Labute approximate surface area is 193 Å². The Hall–Kier alpha value is -3.11. The fourth-order valence-corrected chi connectivity index (χ4v) is 5.39. The number of aliphatic carboxylic acids is 1. The molecular formula is C22H22N4O4S2. The highest BCUT2D eigenvalue weighted by atomic mass is 32.2. The Morgan fingerprint density at radius 2 is 2.12 bits per heavy atom. The van der Waals surface area contributed by atoms with E-state index in [2.05, 4.69) is 15.3 Å². The van der Waals surface area contributed by atoms with Crippen molar-refractivity contribution in [3.05, 3.63) is 53.9 Å². The van der Waals surface area contributed by atoms with Crippen LogP contribution in [0.25, 0.3) is 0 Å². The van der Waals surface area contributed by atoms with Crippen LogP contribution < -0.4 is 5.32 Å². The van der Waals surface area contributed by atoms with Crippen LogP contribution in [0.2, 0.25) is 0 Å². The molecule has 3 aromatic rings. The normalized spacial score (nSPS) is 16.0. The number of hydrogen-bond donors (Lipinski definition) is 3. The van der Waals surface area contributed by atoms with Gasteiger partial charge in [0.25, 0.3) is 5.91 Å². The van der Waals surface area contributed by atoms with Crippen LogP contribution in [0.5, 0.6) is 5.75 Å². The van der Waals surface area contributed by atoms with E-state index in [9.17, 15) is 19.8 Å². The molecule has 32 heavy (non-hydrogen) atoms. The number of phenolic OH excluding ortho intramolecular Hbond substituents is 1. The summed E-state index contributed by atoms with van der Waals surface area (Å²) >= 11 is 2.89. The average molecular weight is 471 g/mol. The summed E-state index contributed by atoms with van der Waals surface area (Å²) in [6.45, 7) is 2.56. The van der Waals surface area contributed by atoms with Crippen molar-refractivity contribution < 1.29 is 19.8 Å². The van der Waals surface area contributed by atoms with Crippen LogP contribution in [0.1, 0.15) is 28.9 Å². The molecule has 8 nitrogen and oxygen atoms in total. The van der Waals surface area contributed by atoms with Gasteiger partial charge in [0.05, 0.1) is 21.9 Å². The van der Waals surface area contributed by atoms with Crippen molar-refractivity contribution in [3.8, 4) is 5.75 Å². The zero-order valence-corrected chi connectivity index (χ0v) is 18.9. The average Bonchev–Trinajstić information content (AvgIpc) is 3.21. The largest absolute Gasteiger partial charge is 0.507 e. The summed E-state index contributed by atoms with van der Waals surface area (Å²) in [5, 5.41) is 23.4. The van der Waals surface area contributed by atoms with Gasteiger partial charge in [-0.25, -0.2) is 9.97 Å². The van der Waals surface area contributed by atoms with E-state index < -0.39 is 11.9 Å². The first-order valence-electron chi connectivity index (χ1n) is 10.1. The molecule has 1 fully saturated rings. The van der Waals surface area contributed by atoms with Gasteiger partial charge >= 0.3 is 5.97 Å². The number of pyridine rings is 1. The van der Waals surface area contributed by atoms with Crippen LogP contribution >= 0.6 is 23.1 Å². The number of phenols is 1. The minimum Gasteiger partial charge on any atom is -0.507 e. The van der Waals surface area contributed by atoms with Gasteiger partial charge in [-0.15, -0.1) is 0 Å². The van der Waals surface area contributed by atoms with E-state index in [0.717, 1.165) is 20.6 Å². The molecule has 1 aromatic carbocycles. The van der Waals surface area contributed by atoms with E-state index in [1.165, 1.54) is 34.1 Å². The van der Waals surface area contributed by atoms with Gasteiger partial charge in [0.2, 0.25) is 0 Å². The van der Waals surface area contributed by atoms with Crippen LogP contribution in [0.3, 0.4) is 0 Å². The zero-order valence-electron chi connectivity index (χ0n) is 17.3. The van der Waals surface area contributed by atoms with Crippen molar-refractivity contribution in [2.24, 2.45) is 5.92 Å². The molecule has 1 atom stereocenters. The minimum absolute atomic E-state index is 0.117. The number of carboxylic acid groups (broad SMARTS) is 1. The quantitative estimate of drug-likeness (QED) is 0.486. The van der Waals surface area contributed by atoms with Gasteiger partial charge in [-0.2, -0.15) is 0 Å². The molecule has 1 aliphatic heterocycles. The molecule has 0 saturated carbocycles. The van der Waals surface area contributed by atoms with E-state index in [-0.39, 0.29) is 23.8 Å². The lowest BCUT2D eigenvalue weighted by molar-refractivity contribution is -0.143. The monoisotopic (exact) mass is 470 g/mol. The molecule has 0 aliphatic carbocycles. The fourth-order valence-electron chi connectivity index (χ4n) is 3.49. The first-order valence-corrected chi connectivity index (χ1v) is 11.7. The number of carbonyl (C=O) groups excluding carboxylic acids is 1. The van der Waals surface area contributed by atoms with Crippen molar-refractivity contribution in [1.29, 1.82) is 0 Å². The number of nitrogens with zero attached hydrogens (tertiary/aromatic N) is 3. The number of nitrogens with one attached hydrogen (secondary N) is 1. The number of hydrogen-bond acceptors (Lipinski definition) is 8. The number of piperidine rings is 1. The maximum atomic E-state index is 13.0. The molecule has 0 bridgehead atoms. The molecule has 166 valence electrons. The topological polar surface area (TPSA) is 116 Å². The van der Waals surface area contributed by atoms with Crippen LogP contribution in [0, 0.1) is 12.8 Å². The van der Waals surface area contributed by atoms with Gasteiger partial charge in [-0.3, -0.25) is 9.59 Å². The van der Waals surface area contributed by atoms with Crippen molar-refractivity contribution in [2.75, 3.05) is 18.4 Å². The Bertz CT molecular complexity index is 1150. The first-order chi connectivity index (χ1) is 15.4. The summed E-state index contributed by atoms with van der Waals surface area (Å²) < 4.78 is 0.910. The molecular weight excluding hydrogens is 448 g/mol. The second kappa shape index (κ2) is 9.58. The lowest BCUT2D eigenvalue weighted by Crippen LogP contribution is -2.42. The molecule has 1 unspecified atom stereocenters. The Morgan fingerprint density at radius 1 is 1.28 bits per heavy atom. The molecule has 3 N–H and O–H groups in total. The van der Waals surface area contributed by atoms with Crippen LogP contribution in [-0.4, -0.2) is 50.0 Å².